The van der Waals surface area contributed by atoms with Gasteiger partial charge < -0.3 is 4.74 Å². The van der Waals surface area contributed by atoms with Crippen LogP contribution in [0, 0.1) is 11.8 Å². The van der Waals surface area contributed by atoms with Gasteiger partial charge in [0.05, 0.1) is 19.6 Å². The van der Waals surface area contributed by atoms with E-state index in [2.05, 4.69) is 9.62 Å². The van der Waals surface area contributed by atoms with Crippen molar-refractivity contribution in [2.45, 2.75) is 13.8 Å². The van der Waals surface area contributed by atoms with Crippen LogP contribution in [0.4, 0.5) is 0 Å². The minimum Gasteiger partial charge on any atom is -0.469 e. The Labute approximate surface area is 66.0 Å². The van der Waals surface area contributed by atoms with Gasteiger partial charge in [-0.2, -0.15) is 0 Å². The van der Waals surface area contributed by atoms with E-state index in [1.807, 2.05) is 0 Å². The van der Waals surface area contributed by atoms with Crippen LogP contribution in [0.15, 0.2) is 0 Å². The normalized spacial score (nSPS) is 15.6. The van der Waals surface area contributed by atoms with E-state index >= 15 is 0 Å². The molecule has 0 fully saturated rings. The second kappa shape index (κ2) is 5.09. The Morgan fingerprint density at radius 1 is 1.55 bits per heavy atom. The lowest BCUT2D eigenvalue weighted by Crippen LogP contribution is -2.23. The Morgan fingerprint density at radius 2 is 2.09 bits per heavy atom. The molecule has 0 rings (SSSR count). The van der Waals surface area contributed by atoms with Gasteiger partial charge in [0.15, 0.2) is 0 Å². The number of ether oxygens (including phenoxy) is 1. The van der Waals surface area contributed by atoms with Gasteiger partial charge in [-0.25, -0.2) is 4.89 Å². The summed E-state index contributed by atoms with van der Waals surface area (Å²) in [5.74, 6) is -0.561. The number of hydrogen-bond donors (Lipinski definition) is 1. The number of carbonyl (C=O) groups excluding carboxylic acids is 1. The number of carbonyl (C=O) groups is 1. The average molecular weight is 162 g/mol. The molecule has 0 aromatic carbocycles. The fraction of sp³-hybridized carbons (Fsp3) is 0.857. The molecule has 66 valence electrons. The van der Waals surface area contributed by atoms with Crippen LogP contribution in [-0.2, 0) is 14.4 Å². The van der Waals surface area contributed by atoms with Crippen molar-refractivity contribution in [1.82, 2.24) is 0 Å². The molecule has 1 unspecified atom stereocenters. The fourth-order valence-electron chi connectivity index (χ4n) is 0.680. The van der Waals surface area contributed by atoms with E-state index < -0.39 is 0 Å². The van der Waals surface area contributed by atoms with Crippen molar-refractivity contribution in [3.8, 4) is 0 Å². The molecule has 0 radical (unpaired) electrons. The van der Waals surface area contributed by atoms with Crippen LogP contribution in [-0.4, -0.2) is 24.9 Å². The second-order valence-corrected chi connectivity index (χ2v) is 2.58. The zero-order valence-electron chi connectivity index (χ0n) is 7.03. The van der Waals surface area contributed by atoms with E-state index in [1.54, 1.807) is 13.8 Å². The van der Waals surface area contributed by atoms with Crippen molar-refractivity contribution in [3.63, 3.8) is 0 Å². The van der Waals surface area contributed by atoms with Crippen molar-refractivity contribution in [3.05, 3.63) is 0 Å². The number of rotatable bonds is 4. The largest absolute Gasteiger partial charge is 0.469 e. The number of esters is 1. The van der Waals surface area contributed by atoms with Crippen molar-refractivity contribution < 1.29 is 19.7 Å². The lowest BCUT2D eigenvalue weighted by atomic mass is 9.97. The molecular formula is C7H14O4. The van der Waals surface area contributed by atoms with Crippen LogP contribution < -0.4 is 0 Å². The fourth-order valence-corrected chi connectivity index (χ4v) is 0.680. The van der Waals surface area contributed by atoms with E-state index in [0.29, 0.717) is 0 Å². The van der Waals surface area contributed by atoms with Crippen molar-refractivity contribution in [2.24, 2.45) is 11.8 Å². The predicted octanol–water partition coefficient (Wildman–Crippen LogP) is 0.921. The minimum absolute atomic E-state index is 0.0348. The molecule has 0 heterocycles. The SMILES string of the molecule is COC(=O)[C@H](C)C(C)COO. The van der Waals surface area contributed by atoms with Gasteiger partial charge in [0.25, 0.3) is 0 Å². The van der Waals surface area contributed by atoms with Crippen LogP contribution >= 0.6 is 0 Å². The van der Waals surface area contributed by atoms with Gasteiger partial charge in [-0.15, -0.1) is 0 Å². The maximum absolute atomic E-state index is 10.9. The first-order valence-corrected chi connectivity index (χ1v) is 3.47. The minimum atomic E-state index is -0.283. The molecule has 2 atom stereocenters. The van der Waals surface area contributed by atoms with E-state index in [4.69, 9.17) is 5.26 Å². The van der Waals surface area contributed by atoms with Gasteiger partial charge in [0, 0.05) is 0 Å². The van der Waals surface area contributed by atoms with Gasteiger partial charge in [-0.1, -0.05) is 13.8 Å². The van der Waals surface area contributed by atoms with Gasteiger partial charge >= 0.3 is 5.97 Å². The Hall–Kier alpha value is -0.610. The highest BCUT2D eigenvalue weighted by Gasteiger charge is 2.20. The number of methoxy groups -OCH3 is 1. The van der Waals surface area contributed by atoms with Crippen LogP contribution in [0.5, 0.6) is 0 Å². The summed E-state index contributed by atoms with van der Waals surface area (Å²) >= 11 is 0. The standard InChI is InChI=1S/C7H14O4/c1-5(4-11-9)6(2)7(8)10-3/h5-6,9H,4H2,1-3H3/t5?,6-/m1/s1. The monoisotopic (exact) mass is 162 g/mol. The molecule has 0 aromatic rings. The molecule has 0 saturated carbocycles. The molecule has 0 aliphatic heterocycles. The van der Waals surface area contributed by atoms with E-state index in [1.165, 1.54) is 7.11 Å². The zero-order chi connectivity index (χ0) is 8.85. The zero-order valence-corrected chi connectivity index (χ0v) is 7.03. The van der Waals surface area contributed by atoms with Crippen molar-refractivity contribution in [2.75, 3.05) is 13.7 Å². The first-order valence-electron chi connectivity index (χ1n) is 3.47. The molecule has 1 N–H and O–H groups in total. The van der Waals surface area contributed by atoms with Gasteiger partial charge in [0.1, 0.15) is 0 Å². The summed E-state index contributed by atoms with van der Waals surface area (Å²) in [5.41, 5.74) is 0. The summed E-state index contributed by atoms with van der Waals surface area (Å²) in [6.07, 6.45) is 0. The second-order valence-electron chi connectivity index (χ2n) is 2.58. The Kier molecular flexibility index (Phi) is 4.81. The first kappa shape index (κ1) is 10.4. The topological polar surface area (TPSA) is 55.8 Å². The Balaban J connectivity index is 3.80. The predicted molar refractivity (Wildman–Crippen MR) is 38.9 cm³/mol. The third-order valence-corrected chi connectivity index (χ3v) is 1.76. The van der Waals surface area contributed by atoms with Crippen LogP contribution in [0.2, 0.25) is 0 Å². The highest BCUT2D eigenvalue weighted by Crippen LogP contribution is 2.11. The quantitative estimate of drug-likeness (QED) is 0.379. The van der Waals surface area contributed by atoms with Crippen LogP contribution in [0.1, 0.15) is 13.8 Å². The van der Waals surface area contributed by atoms with Crippen LogP contribution in [0.3, 0.4) is 0 Å². The van der Waals surface area contributed by atoms with Crippen molar-refractivity contribution in [1.29, 1.82) is 0 Å². The Bertz CT molecular complexity index is 124. The molecule has 11 heavy (non-hydrogen) atoms. The van der Waals surface area contributed by atoms with Crippen LogP contribution in [0.25, 0.3) is 0 Å². The van der Waals surface area contributed by atoms with Gasteiger partial charge in [-0.05, 0) is 5.92 Å². The average Bonchev–Trinajstić information content (AvgIpc) is 2.02. The highest BCUT2D eigenvalue weighted by atomic mass is 17.1. The summed E-state index contributed by atoms with van der Waals surface area (Å²) in [7, 11) is 1.34. The van der Waals surface area contributed by atoms with Crippen molar-refractivity contribution >= 4 is 5.97 Å². The van der Waals surface area contributed by atoms with E-state index in [9.17, 15) is 4.79 Å². The van der Waals surface area contributed by atoms with Gasteiger partial charge in [-0.3, -0.25) is 10.1 Å². The highest BCUT2D eigenvalue weighted by molar-refractivity contribution is 5.72. The molecule has 0 amide bonds. The number of hydrogen-bond acceptors (Lipinski definition) is 4. The molecular weight excluding hydrogens is 148 g/mol. The van der Waals surface area contributed by atoms with E-state index in [0.717, 1.165) is 0 Å². The molecule has 4 heteroatoms. The molecule has 0 saturated heterocycles. The lowest BCUT2D eigenvalue weighted by molar-refractivity contribution is -0.252. The maximum atomic E-state index is 10.9. The summed E-state index contributed by atoms with van der Waals surface area (Å²) in [6, 6.07) is 0. The third-order valence-electron chi connectivity index (χ3n) is 1.76. The summed E-state index contributed by atoms with van der Waals surface area (Å²) < 4.78 is 4.50. The maximum Gasteiger partial charge on any atom is 0.308 e. The summed E-state index contributed by atoms with van der Waals surface area (Å²) in [5, 5.41) is 8.09. The summed E-state index contributed by atoms with van der Waals surface area (Å²) in [6.45, 7) is 3.68. The first-order chi connectivity index (χ1) is 5.13. The van der Waals surface area contributed by atoms with Gasteiger partial charge in [0.2, 0.25) is 0 Å². The molecule has 0 bridgehead atoms. The Morgan fingerprint density at radius 3 is 2.45 bits per heavy atom. The lowest BCUT2D eigenvalue weighted by Gasteiger charge is -2.15. The molecule has 0 aliphatic carbocycles. The molecule has 0 aliphatic rings. The summed E-state index contributed by atoms with van der Waals surface area (Å²) in [4.78, 5) is 14.8. The molecule has 0 spiro atoms. The molecule has 4 nitrogen and oxygen atoms in total. The smallest absolute Gasteiger partial charge is 0.308 e. The third kappa shape index (κ3) is 3.34. The molecule has 0 aromatic heterocycles. The van der Waals surface area contributed by atoms with E-state index in [-0.39, 0.29) is 24.4 Å².